The van der Waals surface area contributed by atoms with Gasteiger partial charge in [-0.3, -0.25) is 9.69 Å². The smallest absolute Gasteiger partial charge is 0.410 e. The van der Waals surface area contributed by atoms with Crippen LogP contribution in [0.2, 0.25) is 0 Å². The summed E-state index contributed by atoms with van der Waals surface area (Å²) in [6.45, 7) is 1.39. The summed E-state index contributed by atoms with van der Waals surface area (Å²) in [5, 5.41) is 8.66. The first-order chi connectivity index (χ1) is 19.1. The summed E-state index contributed by atoms with van der Waals surface area (Å²) >= 11 is 0. The Balaban J connectivity index is 1.11. The first-order valence-corrected chi connectivity index (χ1v) is 13.5. The molecule has 2 atom stereocenters. The van der Waals surface area contributed by atoms with Gasteiger partial charge in [0, 0.05) is 17.4 Å². The lowest BCUT2D eigenvalue weighted by Gasteiger charge is -2.47. The number of Topliss-reactive ketones (excluding diaryl/α,β-unsaturated/α-hetero) is 1. The molecule has 2 aliphatic heterocycles. The Kier molecular flexibility index (Phi) is 7.04. The number of fused-ring (bicyclic) bond motifs is 5. The summed E-state index contributed by atoms with van der Waals surface area (Å²) in [6.07, 6.45) is 1.06. The van der Waals surface area contributed by atoms with Crippen molar-refractivity contribution in [3.05, 3.63) is 89.5 Å². The molecule has 3 aromatic carbocycles. The van der Waals surface area contributed by atoms with E-state index in [1.165, 1.54) is 22.3 Å². The third-order valence-corrected chi connectivity index (χ3v) is 8.06. The molecule has 7 heteroatoms. The van der Waals surface area contributed by atoms with Crippen molar-refractivity contribution in [3.8, 4) is 22.9 Å². The zero-order valence-corrected chi connectivity index (χ0v) is 21.6. The molecule has 0 N–H and O–H groups in total. The SMILES string of the molecule is N#CCCOc1ccc(C(=O)C2CC3COCC(C2)N3C(=O)OCC2c3ccccc3-c3ccccc32)cc1. The van der Waals surface area contributed by atoms with E-state index in [2.05, 4.69) is 24.3 Å². The average molecular weight is 523 g/mol. The first-order valence-electron chi connectivity index (χ1n) is 13.5. The Morgan fingerprint density at radius 1 is 0.897 bits per heavy atom. The fraction of sp³-hybridized carbons (Fsp3) is 0.344. The molecule has 2 bridgehead atoms. The van der Waals surface area contributed by atoms with Gasteiger partial charge < -0.3 is 14.2 Å². The van der Waals surface area contributed by atoms with E-state index in [1.807, 2.05) is 35.2 Å². The highest BCUT2D eigenvalue weighted by molar-refractivity contribution is 5.98. The molecule has 2 unspecified atom stereocenters. The van der Waals surface area contributed by atoms with Crippen LogP contribution in [0.4, 0.5) is 4.79 Å². The number of nitrogens with zero attached hydrogens (tertiary/aromatic N) is 2. The normalized spacial score (nSPS) is 21.4. The van der Waals surface area contributed by atoms with Crippen LogP contribution in [-0.4, -0.2) is 55.3 Å². The number of benzene rings is 3. The summed E-state index contributed by atoms with van der Waals surface area (Å²) in [6, 6.07) is 25.3. The van der Waals surface area contributed by atoms with Crippen LogP contribution in [0, 0.1) is 17.2 Å². The van der Waals surface area contributed by atoms with E-state index in [0.717, 1.165) is 0 Å². The maximum atomic E-state index is 13.4. The fourth-order valence-electron chi connectivity index (χ4n) is 6.26. The lowest BCUT2D eigenvalue weighted by Crippen LogP contribution is -2.60. The quantitative estimate of drug-likeness (QED) is 0.297. The second-order valence-electron chi connectivity index (χ2n) is 10.4. The summed E-state index contributed by atoms with van der Waals surface area (Å²) < 4.78 is 17.3. The van der Waals surface area contributed by atoms with Gasteiger partial charge in [-0.25, -0.2) is 4.79 Å². The minimum atomic E-state index is -0.333. The second-order valence-corrected chi connectivity index (χ2v) is 10.4. The number of carbonyl (C=O) groups is 2. The molecule has 0 saturated carbocycles. The fourth-order valence-corrected chi connectivity index (χ4v) is 6.26. The van der Waals surface area contributed by atoms with Crippen molar-refractivity contribution in [1.29, 1.82) is 5.26 Å². The summed E-state index contributed by atoms with van der Waals surface area (Å²) in [7, 11) is 0. The van der Waals surface area contributed by atoms with Gasteiger partial charge in [0.05, 0.1) is 37.8 Å². The number of rotatable bonds is 7. The maximum absolute atomic E-state index is 13.4. The minimum absolute atomic E-state index is 0.00316. The minimum Gasteiger partial charge on any atom is -0.493 e. The third-order valence-electron chi connectivity index (χ3n) is 8.06. The topological polar surface area (TPSA) is 88.9 Å². The third kappa shape index (κ3) is 4.88. The van der Waals surface area contributed by atoms with Gasteiger partial charge in [0.1, 0.15) is 19.0 Å². The standard InChI is InChI=1S/C32H30N2O5/c33-14-5-15-38-25-12-10-21(11-13-25)31(35)22-16-23-18-37-19-24(17-22)34(23)32(36)39-20-30-28-8-3-1-6-26(28)27-7-2-4-9-29(27)30/h1-4,6-13,22-24,30H,5,15-20H2. The summed E-state index contributed by atoms with van der Waals surface area (Å²) in [5.74, 6) is 0.523. The summed E-state index contributed by atoms with van der Waals surface area (Å²) in [4.78, 5) is 28.6. The number of hydrogen-bond acceptors (Lipinski definition) is 6. The Morgan fingerprint density at radius 2 is 1.51 bits per heavy atom. The van der Waals surface area contributed by atoms with Crippen molar-refractivity contribution >= 4 is 11.9 Å². The number of nitriles is 1. The molecule has 39 heavy (non-hydrogen) atoms. The van der Waals surface area contributed by atoms with Crippen LogP contribution in [0.1, 0.15) is 46.7 Å². The Hall–Kier alpha value is -4.15. The number of amides is 1. The van der Waals surface area contributed by atoms with Crippen LogP contribution in [0.3, 0.4) is 0 Å². The molecule has 198 valence electrons. The number of morpholine rings is 1. The molecule has 0 aromatic heterocycles. The highest BCUT2D eigenvalue weighted by atomic mass is 16.6. The molecular weight excluding hydrogens is 492 g/mol. The molecule has 2 heterocycles. The second kappa shape index (κ2) is 10.9. The van der Waals surface area contributed by atoms with E-state index in [4.69, 9.17) is 19.5 Å². The number of carbonyl (C=O) groups excluding carboxylic acids is 2. The molecule has 0 radical (unpaired) electrons. The van der Waals surface area contributed by atoms with Gasteiger partial charge in [-0.2, -0.15) is 5.26 Å². The molecule has 7 nitrogen and oxygen atoms in total. The van der Waals surface area contributed by atoms with Gasteiger partial charge >= 0.3 is 6.09 Å². The lowest BCUT2D eigenvalue weighted by molar-refractivity contribution is -0.0747. The van der Waals surface area contributed by atoms with E-state index in [1.54, 1.807) is 24.3 Å². The zero-order chi connectivity index (χ0) is 26.8. The molecule has 3 aliphatic rings. The number of ether oxygens (including phenoxy) is 3. The Bertz CT molecular complexity index is 1350. The molecule has 2 fully saturated rings. The number of ketones is 1. The van der Waals surface area contributed by atoms with Crippen LogP contribution in [0.15, 0.2) is 72.8 Å². The largest absolute Gasteiger partial charge is 0.493 e. The van der Waals surface area contributed by atoms with E-state index in [9.17, 15) is 9.59 Å². The predicted octanol–water partition coefficient (Wildman–Crippen LogP) is 5.59. The molecule has 3 aromatic rings. The highest BCUT2D eigenvalue weighted by Crippen LogP contribution is 2.44. The van der Waals surface area contributed by atoms with E-state index in [0.29, 0.717) is 50.4 Å². The van der Waals surface area contributed by atoms with Gasteiger partial charge in [-0.1, -0.05) is 48.5 Å². The Labute approximate surface area is 227 Å². The van der Waals surface area contributed by atoms with Gasteiger partial charge in [-0.15, -0.1) is 0 Å². The van der Waals surface area contributed by atoms with Crippen molar-refractivity contribution in [1.82, 2.24) is 4.90 Å². The average Bonchev–Trinajstić information content (AvgIpc) is 3.29. The molecule has 6 rings (SSSR count). The maximum Gasteiger partial charge on any atom is 0.410 e. The van der Waals surface area contributed by atoms with Crippen molar-refractivity contribution < 1.29 is 23.8 Å². The molecular formula is C32H30N2O5. The van der Waals surface area contributed by atoms with Gasteiger partial charge in [0.15, 0.2) is 5.78 Å². The lowest BCUT2D eigenvalue weighted by atomic mass is 9.81. The number of piperidine rings is 1. The van der Waals surface area contributed by atoms with E-state index in [-0.39, 0.29) is 42.4 Å². The molecule has 1 aliphatic carbocycles. The highest BCUT2D eigenvalue weighted by Gasteiger charge is 2.45. The zero-order valence-electron chi connectivity index (χ0n) is 21.6. The molecule has 2 saturated heterocycles. The van der Waals surface area contributed by atoms with Crippen LogP contribution in [0.25, 0.3) is 11.1 Å². The first kappa shape index (κ1) is 25.1. The van der Waals surface area contributed by atoms with Crippen LogP contribution in [-0.2, 0) is 9.47 Å². The predicted molar refractivity (Wildman–Crippen MR) is 145 cm³/mol. The van der Waals surface area contributed by atoms with Crippen molar-refractivity contribution in [2.45, 2.75) is 37.3 Å². The van der Waals surface area contributed by atoms with Gasteiger partial charge in [0.2, 0.25) is 0 Å². The van der Waals surface area contributed by atoms with Crippen molar-refractivity contribution in [2.24, 2.45) is 5.92 Å². The summed E-state index contributed by atoms with van der Waals surface area (Å²) in [5.41, 5.74) is 5.38. The Morgan fingerprint density at radius 3 is 2.13 bits per heavy atom. The van der Waals surface area contributed by atoms with E-state index < -0.39 is 0 Å². The van der Waals surface area contributed by atoms with Crippen molar-refractivity contribution in [2.75, 3.05) is 26.4 Å². The van der Waals surface area contributed by atoms with Crippen LogP contribution >= 0.6 is 0 Å². The van der Waals surface area contributed by atoms with Crippen molar-refractivity contribution in [3.63, 3.8) is 0 Å². The van der Waals surface area contributed by atoms with Crippen LogP contribution in [0.5, 0.6) is 5.75 Å². The van der Waals surface area contributed by atoms with Gasteiger partial charge in [0.25, 0.3) is 0 Å². The number of hydrogen-bond donors (Lipinski definition) is 0. The molecule has 1 amide bonds. The van der Waals surface area contributed by atoms with Gasteiger partial charge in [-0.05, 0) is 59.4 Å². The monoisotopic (exact) mass is 522 g/mol. The van der Waals surface area contributed by atoms with Crippen LogP contribution < -0.4 is 4.74 Å². The van der Waals surface area contributed by atoms with E-state index >= 15 is 0 Å². The molecule has 0 spiro atoms.